The van der Waals surface area contributed by atoms with Gasteiger partial charge in [-0.2, -0.15) is 5.26 Å². The van der Waals surface area contributed by atoms with Gasteiger partial charge in [0.1, 0.15) is 11.6 Å². The molecule has 4 rings (SSSR count). The number of hydrogen-bond acceptors (Lipinski definition) is 6. The van der Waals surface area contributed by atoms with E-state index in [-0.39, 0.29) is 34.1 Å². The highest BCUT2D eigenvalue weighted by Gasteiger charge is 2.44. The molecule has 1 atom stereocenters. The maximum Gasteiger partial charge on any atom is 0.229 e. The zero-order chi connectivity index (χ0) is 17.7. The summed E-state index contributed by atoms with van der Waals surface area (Å²) < 4.78 is 6.25. The molecule has 0 saturated carbocycles. The standard InChI is InChI=1S/C18H9BrN2O3S/c19-8-5-12(25-7-8)13-11(6-20)18(21)24-17-14(13)15(22)9-3-1-2-4-10(9)16(17)23/h1-5,7,13H,21H2/t13-/m0/s1. The molecule has 25 heavy (non-hydrogen) atoms. The normalized spacial score (nSPS) is 19.3. The van der Waals surface area contributed by atoms with E-state index in [4.69, 9.17) is 10.5 Å². The molecule has 1 aliphatic heterocycles. The number of benzene rings is 1. The van der Waals surface area contributed by atoms with E-state index >= 15 is 0 Å². The molecule has 0 amide bonds. The Morgan fingerprint density at radius 1 is 1.20 bits per heavy atom. The van der Waals surface area contributed by atoms with Gasteiger partial charge in [-0.05, 0) is 22.0 Å². The molecular weight excluding hydrogens is 404 g/mol. The lowest BCUT2D eigenvalue weighted by Crippen LogP contribution is -2.32. The van der Waals surface area contributed by atoms with E-state index in [1.807, 2.05) is 17.5 Å². The summed E-state index contributed by atoms with van der Waals surface area (Å²) in [5, 5.41) is 11.4. The van der Waals surface area contributed by atoms with E-state index in [9.17, 15) is 14.9 Å². The minimum atomic E-state index is -0.713. The summed E-state index contributed by atoms with van der Waals surface area (Å²) in [6, 6.07) is 10.4. The monoisotopic (exact) mass is 412 g/mol. The van der Waals surface area contributed by atoms with Crippen molar-refractivity contribution in [1.29, 1.82) is 5.26 Å². The number of allylic oxidation sites excluding steroid dienone is 3. The molecule has 1 aromatic carbocycles. The zero-order valence-electron chi connectivity index (χ0n) is 12.6. The van der Waals surface area contributed by atoms with Crippen molar-refractivity contribution in [2.75, 3.05) is 0 Å². The predicted molar refractivity (Wildman–Crippen MR) is 94.8 cm³/mol. The molecule has 0 radical (unpaired) electrons. The van der Waals surface area contributed by atoms with Gasteiger partial charge in [0.2, 0.25) is 11.7 Å². The Balaban J connectivity index is 1.98. The number of nitrogens with zero attached hydrogens (tertiary/aromatic N) is 1. The van der Waals surface area contributed by atoms with Gasteiger partial charge in [-0.15, -0.1) is 11.3 Å². The van der Waals surface area contributed by atoms with Gasteiger partial charge < -0.3 is 10.5 Å². The molecule has 1 aliphatic carbocycles. The molecule has 7 heteroatoms. The Morgan fingerprint density at radius 3 is 2.48 bits per heavy atom. The van der Waals surface area contributed by atoms with Crippen LogP contribution in [0.3, 0.4) is 0 Å². The minimum Gasteiger partial charge on any atom is -0.436 e. The number of rotatable bonds is 1. The van der Waals surface area contributed by atoms with Crippen molar-refractivity contribution in [3.8, 4) is 6.07 Å². The first-order chi connectivity index (χ1) is 12.0. The highest BCUT2D eigenvalue weighted by Crippen LogP contribution is 2.45. The van der Waals surface area contributed by atoms with Gasteiger partial charge in [-0.25, -0.2) is 0 Å². The van der Waals surface area contributed by atoms with Gasteiger partial charge in [0.15, 0.2) is 11.5 Å². The van der Waals surface area contributed by atoms with E-state index in [1.165, 1.54) is 11.3 Å². The van der Waals surface area contributed by atoms with Crippen LogP contribution in [-0.4, -0.2) is 11.6 Å². The van der Waals surface area contributed by atoms with Crippen molar-refractivity contribution >= 4 is 38.8 Å². The maximum absolute atomic E-state index is 13.1. The Morgan fingerprint density at radius 2 is 1.88 bits per heavy atom. The highest BCUT2D eigenvalue weighted by molar-refractivity contribution is 9.10. The SMILES string of the molecule is N#CC1=C(N)OC2=C(C(=O)c3ccccc3C2=O)[C@@H]1c1cc(Br)cs1. The first-order valence-electron chi connectivity index (χ1n) is 7.27. The van der Waals surface area contributed by atoms with Crippen LogP contribution in [0.25, 0.3) is 0 Å². The molecule has 1 aromatic heterocycles. The van der Waals surface area contributed by atoms with Gasteiger partial charge in [-0.1, -0.05) is 24.3 Å². The first-order valence-corrected chi connectivity index (χ1v) is 8.94. The number of Topliss-reactive ketones (excluding diaryl/α,β-unsaturated/α-hetero) is 2. The summed E-state index contributed by atoms with van der Waals surface area (Å²) in [5.74, 6) is -1.66. The molecule has 2 N–H and O–H groups in total. The van der Waals surface area contributed by atoms with Crippen LogP contribution < -0.4 is 5.73 Å². The predicted octanol–water partition coefficient (Wildman–Crippen LogP) is 3.65. The van der Waals surface area contributed by atoms with E-state index < -0.39 is 11.7 Å². The summed E-state index contributed by atoms with van der Waals surface area (Å²) in [5.41, 5.74) is 6.79. The van der Waals surface area contributed by atoms with Crippen molar-refractivity contribution in [2.24, 2.45) is 5.73 Å². The number of ketones is 2. The summed E-state index contributed by atoms with van der Waals surface area (Å²) in [6.45, 7) is 0. The number of nitrogens with two attached hydrogens (primary N) is 1. The second-order valence-corrected chi connectivity index (χ2v) is 7.40. The van der Waals surface area contributed by atoms with E-state index in [0.717, 1.165) is 9.35 Å². The lowest BCUT2D eigenvalue weighted by Gasteiger charge is -2.30. The largest absolute Gasteiger partial charge is 0.436 e. The summed E-state index contributed by atoms with van der Waals surface area (Å²) in [4.78, 5) is 26.6. The highest BCUT2D eigenvalue weighted by atomic mass is 79.9. The molecule has 2 aliphatic rings. The fraction of sp³-hybridized carbons (Fsp3) is 0.0556. The Labute approximate surface area is 155 Å². The summed E-state index contributed by atoms with van der Waals surface area (Å²) in [6.07, 6.45) is 0. The number of thiophene rings is 1. The lowest BCUT2D eigenvalue weighted by molar-refractivity contribution is 0.0897. The number of halogens is 1. The van der Waals surface area contributed by atoms with Crippen molar-refractivity contribution in [3.63, 3.8) is 0 Å². The van der Waals surface area contributed by atoms with Crippen LogP contribution in [0.2, 0.25) is 0 Å². The Kier molecular flexibility index (Phi) is 3.60. The van der Waals surface area contributed by atoms with Crippen molar-refractivity contribution < 1.29 is 14.3 Å². The topological polar surface area (TPSA) is 93.2 Å². The third-order valence-electron chi connectivity index (χ3n) is 4.16. The molecule has 2 heterocycles. The Bertz CT molecular complexity index is 1060. The van der Waals surface area contributed by atoms with Crippen molar-refractivity contribution in [2.45, 2.75) is 5.92 Å². The molecule has 0 bridgehead atoms. The average molecular weight is 413 g/mol. The van der Waals surface area contributed by atoms with Crippen LogP contribution >= 0.6 is 27.3 Å². The minimum absolute atomic E-state index is 0.0882. The molecule has 0 unspecified atom stereocenters. The van der Waals surface area contributed by atoms with Gasteiger partial charge >= 0.3 is 0 Å². The number of ether oxygens (including phenoxy) is 1. The van der Waals surface area contributed by atoms with Crippen LogP contribution in [0.5, 0.6) is 0 Å². The number of carbonyl (C=O) groups excluding carboxylic acids is 2. The zero-order valence-corrected chi connectivity index (χ0v) is 15.0. The molecule has 2 aromatic rings. The van der Waals surface area contributed by atoms with Crippen molar-refractivity contribution in [3.05, 3.63) is 79.0 Å². The van der Waals surface area contributed by atoms with E-state index in [2.05, 4.69) is 15.9 Å². The fourth-order valence-electron chi connectivity index (χ4n) is 3.07. The first kappa shape index (κ1) is 15.8. The number of nitriles is 1. The van der Waals surface area contributed by atoms with Gasteiger partial charge in [0, 0.05) is 25.9 Å². The van der Waals surface area contributed by atoms with Gasteiger partial charge in [0.25, 0.3) is 0 Å². The van der Waals surface area contributed by atoms with Crippen LogP contribution in [0, 0.1) is 11.3 Å². The molecule has 122 valence electrons. The molecule has 5 nitrogen and oxygen atoms in total. The number of carbonyl (C=O) groups is 2. The average Bonchev–Trinajstić information content (AvgIpc) is 3.04. The number of fused-ring (bicyclic) bond motifs is 1. The summed E-state index contributed by atoms with van der Waals surface area (Å²) in [7, 11) is 0. The maximum atomic E-state index is 13.1. The second-order valence-electron chi connectivity index (χ2n) is 5.54. The second kappa shape index (κ2) is 5.69. The third kappa shape index (κ3) is 2.26. The molecule has 0 fully saturated rings. The van der Waals surface area contributed by atoms with Crippen LogP contribution in [-0.2, 0) is 4.74 Å². The Hall–Kier alpha value is -2.69. The lowest BCUT2D eigenvalue weighted by atomic mass is 9.77. The van der Waals surface area contributed by atoms with Gasteiger partial charge in [-0.3, -0.25) is 9.59 Å². The third-order valence-corrected chi connectivity index (χ3v) is 5.92. The van der Waals surface area contributed by atoms with Crippen LogP contribution in [0.1, 0.15) is 31.5 Å². The van der Waals surface area contributed by atoms with Crippen LogP contribution in [0.15, 0.2) is 63.0 Å². The van der Waals surface area contributed by atoms with E-state index in [0.29, 0.717) is 5.56 Å². The van der Waals surface area contributed by atoms with Crippen molar-refractivity contribution in [1.82, 2.24) is 0 Å². The smallest absolute Gasteiger partial charge is 0.229 e. The fourth-order valence-corrected chi connectivity index (χ4v) is 4.63. The molecule has 0 saturated heterocycles. The number of hydrogen-bond donors (Lipinski definition) is 1. The van der Waals surface area contributed by atoms with E-state index in [1.54, 1.807) is 24.3 Å². The molecular formula is C18H9BrN2O3S. The molecule has 0 spiro atoms. The van der Waals surface area contributed by atoms with Gasteiger partial charge in [0.05, 0.1) is 11.5 Å². The quantitative estimate of drug-likeness (QED) is 0.771. The summed E-state index contributed by atoms with van der Waals surface area (Å²) >= 11 is 4.75. The van der Waals surface area contributed by atoms with Crippen LogP contribution in [0.4, 0.5) is 0 Å².